The molecule has 1 aromatic heterocycles. The van der Waals surface area contributed by atoms with Crippen LogP contribution < -0.4 is 17.5 Å². The number of hydrogen-bond acceptors (Lipinski definition) is 3. The van der Waals surface area contributed by atoms with Crippen molar-refractivity contribution >= 4 is 0 Å². The Morgan fingerprint density at radius 1 is 1.00 bits per heavy atom. The Morgan fingerprint density at radius 3 is 1.50 bits per heavy atom. The summed E-state index contributed by atoms with van der Waals surface area (Å²) in [4.78, 5) is 21.8. The molecule has 0 amide bonds. The Balaban J connectivity index is 0.000000490. The maximum Gasteiger partial charge on any atom is 0.341 e. The molecule has 1 heterocycles. The second-order valence-electron chi connectivity index (χ2n) is 1.03. The van der Waals surface area contributed by atoms with Crippen molar-refractivity contribution in [2.24, 2.45) is 0 Å². The molecule has 0 spiro atoms. The molecule has 0 fully saturated rings. The zero-order valence-corrected chi connectivity index (χ0v) is 4.02. The molecule has 6 nitrogen and oxygen atoms in total. The summed E-state index contributed by atoms with van der Waals surface area (Å²) in [7, 11) is 0. The van der Waals surface area contributed by atoms with Gasteiger partial charge in [-0.25, -0.2) is 19.8 Å². The van der Waals surface area contributed by atoms with Crippen LogP contribution in [0.15, 0.2) is 9.59 Å². The normalized spacial score (nSPS) is 8.00. The summed E-state index contributed by atoms with van der Waals surface area (Å²) in [6.45, 7) is 0. The molecule has 6 heteroatoms. The fourth-order valence-corrected chi connectivity index (χ4v) is 0.279. The van der Waals surface area contributed by atoms with Gasteiger partial charge < -0.3 is 6.15 Å². The van der Waals surface area contributed by atoms with Crippen molar-refractivity contribution in [1.82, 2.24) is 21.3 Å². The predicted octanol–water partition coefficient (Wildman–Crippen LogP) is -1.45. The van der Waals surface area contributed by atoms with Gasteiger partial charge in [0.2, 0.25) is 0 Å². The van der Waals surface area contributed by atoms with E-state index in [1.807, 2.05) is 15.2 Å². The summed E-state index contributed by atoms with van der Waals surface area (Å²) in [5.41, 5.74) is -1.02. The van der Waals surface area contributed by atoms with Crippen molar-refractivity contribution < 1.29 is 0 Å². The van der Waals surface area contributed by atoms with Gasteiger partial charge in [-0.3, -0.25) is 4.98 Å². The van der Waals surface area contributed by atoms with E-state index in [4.69, 9.17) is 0 Å². The summed E-state index contributed by atoms with van der Waals surface area (Å²) in [5, 5.41) is 4.04. The highest BCUT2D eigenvalue weighted by Gasteiger charge is 1.79. The average molecular weight is 118 g/mol. The number of rotatable bonds is 0. The zero-order chi connectivity index (χ0) is 5.28. The first kappa shape index (κ1) is 6.70. The second-order valence-corrected chi connectivity index (χ2v) is 1.03. The molecule has 1 rings (SSSR count). The van der Waals surface area contributed by atoms with Crippen LogP contribution in [-0.2, 0) is 0 Å². The third-order valence-electron chi connectivity index (χ3n) is 0.517. The molecule has 0 saturated heterocycles. The minimum atomic E-state index is -0.509. The van der Waals surface area contributed by atoms with Crippen LogP contribution >= 0.6 is 0 Å². The third kappa shape index (κ3) is 1.09. The van der Waals surface area contributed by atoms with Gasteiger partial charge >= 0.3 is 11.4 Å². The minimum Gasteiger partial charge on any atom is -0.344 e. The van der Waals surface area contributed by atoms with E-state index in [1.54, 1.807) is 0 Å². The average Bonchev–Trinajstić information content (AvgIpc) is 1.87. The van der Waals surface area contributed by atoms with Crippen molar-refractivity contribution in [3.8, 4) is 0 Å². The van der Waals surface area contributed by atoms with Crippen LogP contribution in [0.25, 0.3) is 0 Å². The van der Waals surface area contributed by atoms with E-state index in [-0.39, 0.29) is 6.15 Å². The molecule has 0 aliphatic rings. The molecule has 0 unspecified atom stereocenters. The van der Waals surface area contributed by atoms with Gasteiger partial charge in [0.1, 0.15) is 0 Å². The Kier molecular flexibility index (Phi) is 1.78. The maximum atomic E-state index is 9.95. The largest absolute Gasteiger partial charge is 0.344 e. The molecular weight excluding hydrogens is 112 g/mol. The molecule has 1 aromatic rings. The molecule has 6 N–H and O–H groups in total. The molecule has 0 radical (unpaired) electrons. The minimum absolute atomic E-state index is 0. The zero-order valence-electron chi connectivity index (χ0n) is 4.02. The Labute approximate surface area is 43.5 Å². The fraction of sp³-hybridized carbons (Fsp3) is 0. The lowest BCUT2D eigenvalue weighted by atomic mass is 11.2. The SMILES string of the molecule is N.O=c1[nH][nH]c(=O)[nH]1. The molecule has 8 heavy (non-hydrogen) atoms. The van der Waals surface area contributed by atoms with E-state index in [1.165, 1.54) is 0 Å². The molecule has 0 bridgehead atoms. The Hall–Kier alpha value is -1.30. The first-order valence-corrected chi connectivity index (χ1v) is 1.66. The van der Waals surface area contributed by atoms with Gasteiger partial charge in [-0.15, -0.1) is 0 Å². The van der Waals surface area contributed by atoms with Crippen LogP contribution in [0.1, 0.15) is 0 Å². The molecule has 0 aromatic carbocycles. The van der Waals surface area contributed by atoms with Crippen molar-refractivity contribution in [3.63, 3.8) is 0 Å². The number of aromatic amines is 3. The lowest BCUT2D eigenvalue weighted by molar-refractivity contribution is 1.03. The van der Waals surface area contributed by atoms with Gasteiger partial charge in [0.15, 0.2) is 0 Å². The van der Waals surface area contributed by atoms with Crippen molar-refractivity contribution in [3.05, 3.63) is 21.0 Å². The highest BCUT2D eigenvalue weighted by atomic mass is 16.2. The number of nitrogens with one attached hydrogen (secondary N) is 3. The molecule has 46 valence electrons. The summed E-state index contributed by atoms with van der Waals surface area (Å²) in [6, 6.07) is 0. The summed E-state index contributed by atoms with van der Waals surface area (Å²) >= 11 is 0. The summed E-state index contributed by atoms with van der Waals surface area (Å²) in [6.07, 6.45) is 0. The van der Waals surface area contributed by atoms with Gasteiger partial charge in [-0.1, -0.05) is 0 Å². The molecule has 0 aliphatic heterocycles. The van der Waals surface area contributed by atoms with Crippen LogP contribution in [0.4, 0.5) is 0 Å². The van der Waals surface area contributed by atoms with Crippen LogP contribution in [-0.4, -0.2) is 15.2 Å². The van der Waals surface area contributed by atoms with E-state index < -0.39 is 11.4 Å². The quantitative estimate of drug-likeness (QED) is 0.334. The highest BCUT2D eigenvalue weighted by molar-refractivity contribution is 4.52. The number of H-pyrrole nitrogens is 3. The molecule has 0 saturated carbocycles. The van der Waals surface area contributed by atoms with Gasteiger partial charge in [0.25, 0.3) is 0 Å². The monoisotopic (exact) mass is 118 g/mol. The lowest BCUT2D eigenvalue weighted by Gasteiger charge is -1.52. The molecule has 0 aliphatic carbocycles. The van der Waals surface area contributed by atoms with E-state index >= 15 is 0 Å². The second kappa shape index (κ2) is 2.12. The highest BCUT2D eigenvalue weighted by Crippen LogP contribution is 1.29. The van der Waals surface area contributed by atoms with Crippen LogP contribution in [0.2, 0.25) is 0 Å². The van der Waals surface area contributed by atoms with Gasteiger partial charge in [-0.05, 0) is 0 Å². The van der Waals surface area contributed by atoms with Gasteiger partial charge in [-0.2, -0.15) is 0 Å². The van der Waals surface area contributed by atoms with Crippen molar-refractivity contribution in [1.29, 1.82) is 0 Å². The molecular formula is C2H6N4O2. The van der Waals surface area contributed by atoms with Crippen LogP contribution in [0.5, 0.6) is 0 Å². The standard InChI is InChI=1S/C2H3N3O2.H3N/c6-1-3-2(7)5-4-1;/h(H3,3,4,5,6,7);1H3. The number of aromatic nitrogens is 3. The van der Waals surface area contributed by atoms with E-state index in [0.29, 0.717) is 0 Å². The predicted molar refractivity (Wildman–Crippen MR) is 27.1 cm³/mol. The molecule has 0 atom stereocenters. The lowest BCUT2D eigenvalue weighted by Crippen LogP contribution is -2.07. The topological polar surface area (TPSA) is 117 Å². The van der Waals surface area contributed by atoms with E-state index in [9.17, 15) is 9.59 Å². The van der Waals surface area contributed by atoms with Crippen molar-refractivity contribution in [2.45, 2.75) is 0 Å². The summed E-state index contributed by atoms with van der Waals surface area (Å²) < 4.78 is 0. The smallest absolute Gasteiger partial charge is 0.341 e. The Bertz CT molecular complexity index is 216. The van der Waals surface area contributed by atoms with Crippen molar-refractivity contribution in [2.75, 3.05) is 0 Å². The van der Waals surface area contributed by atoms with E-state index in [0.717, 1.165) is 0 Å². The first-order valence-electron chi connectivity index (χ1n) is 1.66. The maximum absolute atomic E-state index is 9.95. The summed E-state index contributed by atoms with van der Waals surface area (Å²) in [5.74, 6) is 0. The first-order chi connectivity index (χ1) is 3.29. The van der Waals surface area contributed by atoms with Gasteiger partial charge in [0.05, 0.1) is 0 Å². The van der Waals surface area contributed by atoms with E-state index in [2.05, 4.69) is 0 Å². The third-order valence-corrected chi connectivity index (χ3v) is 0.517. The van der Waals surface area contributed by atoms with Gasteiger partial charge in [0, 0.05) is 0 Å². The van der Waals surface area contributed by atoms with Crippen LogP contribution in [0.3, 0.4) is 0 Å². The number of hydrogen-bond donors (Lipinski definition) is 4. The Morgan fingerprint density at radius 2 is 1.38 bits per heavy atom. The fourth-order valence-electron chi connectivity index (χ4n) is 0.279. The van der Waals surface area contributed by atoms with Crippen LogP contribution in [0, 0.1) is 0 Å².